The molecule has 0 atom stereocenters. The topological polar surface area (TPSA) is 74.6 Å². The van der Waals surface area contributed by atoms with Gasteiger partial charge >= 0.3 is 5.97 Å². The summed E-state index contributed by atoms with van der Waals surface area (Å²) in [6.07, 6.45) is -0.335. The van der Waals surface area contributed by atoms with E-state index in [9.17, 15) is 14.7 Å². The van der Waals surface area contributed by atoms with Gasteiger partial charge in [0.05, 0.1) is 0 Å². The van der Waals surface area contributed by atoms with Crippen molar-refractivity contribution in [2.24, 2.45) is 0 Å². The largest absolute Gasteiger partial charge is 0.508 e. The van der Waals surface area contributed by atoms with Gasteiger partial charge in [-0.3, -0.25) is 4.79 Å². The van der Waals surface area contributed by atoms with Crippen LogP contribution in [0, 0.1) is 0 Å². The fourth-order valence-electron chi connectivity index (χ4n) is 0.935. The quantitative estimate of drug-likeness (QED) is 0.743. The molecule has 0 spiro atoms. The Hall–Kier alpha value is -1.55. The summed E-state index contributed by atoms with van der Waals surface area (Å²) < 4.78 is 0. The number of benzene rings is 1. The van der Waals surface area contributed by atoms with Gasteiger partial charge in [0, 0.05) is 17.0 Å². The molecule has 5 heteroatoms. The molecule has 0 heterocycles. The second-order valence-corrected chi connectivity index (χ2v) is 3.11. The summed E-state index contributed by atoms with van der Waals surface area (Å²) in [7, 11) is 0. The number of phenolic OH excluding ortho intramolecular Hbond substituents is 1. The van der Waals surface area contributed by atoms with E-state index in [1.165, 1.54) is 18.2 Å². The number of carbonyl (C=O) groups excluding carboxylic acids is 1. The zero-order valence-corrected chi connectivity index (χ0v) is 7.78. The molecule has 2 N–H and O–H groups in total. The predicted octanol–water partition coefficient (Wildman–Crippen LogP) is 1.24. The van der Waals surface area contributed by atoms with E-state index in [0.717, 1.165) is 0 Å². The van der Waals surface area contributed by atoms with Crippen LogP contribution in [-0.4, -0.2) is 22.0 Å². The minimum absolute atomic E-state index is 0.174. The standard InChI is InChI=1S/C9H7ClO4/c10-6-2-1-5(7(11)4-6)3-8(12)9(13)14/h1-2,4,11H,3H2,(H,13,14). The highest BCUT2D eigenvalue weighted by molar-refractivity contribution is 6.33. The average Bonchev–Trinajstić information content (AvgIpc) is 2.09. The highest BCUT2D eigenvalue weighted by Crippen LogP contribution is 2.22. The van der Waals surface area contributed by atoms with Crippen molar-refractivity contribution >= 4 is 23.4 Å². The molecule has 0 aliphatic carbocycles. The van der Waals surface area contributed by atoms with Gasteiger partial charge in [-0.25, -0.2) is 4.79 Å². The van der Waals surface area contributed by atoms with Crippen molar-refractivity contribution in [1.29, 1.82) is 0 Å². The fraction of sp³-hybridized carbons (Fsp3) is 0.111. The molecule has 1 aromatic rings. The Morgan fingerprint density at radius 3 is 2.50 bits per heavy atom. The Morgan fingerprint density at radius 1 is 1.36 bits per heavy atom. The van der Waals surface area contributed by atoms with Gasteiger partial charge in [-0.15, -0.1) is 0 Å². The number of carbonyl (C=O) groups is 2. The van der Waals surface area contributed by atoms with Crippen LogP contribution in [0.2, 0.25) is 5.02 Å². The van der Waals surface area contributed by atoms with Crippen molar-refractivity contribution in [2.75, 3.05) is 0 Å². The van der Waals surface area contributed by atoms with Crippen LogP contribution in [0.5, 0.6) is 5.75 Å². The van der Waals surface area contributed by atoms with Gasteiger partial charge < -0.3 is 10.2 Å². The molecule has 0 fully saturated rings. The second kappa shape index (κ2) is 4.11. The number of carboxylic acids is 1. The van der Waals surface area contributed by atoms with Crippen LogP contribution >= 0.6 is 11.6 Å². The molecule has 0 aromatic heterocycles. The number of hydrogen-bond donors (Lipinski definition) is 2. The summed E-state index contributed by atoms with van der Waals surface area (Å²) in [5, 5.41) is 18.0. The predicted molar refractivity (Wildman–Crippen MR) is 49.5 cm³/mol. The maximum atomic E-state index is 10.8. The van der Waals surface area contributed by atoms with Crippen LogP contribution in [0.25, 0.3) is 0 Å². The number of ketones is 1. The second-order valence-electron chi connectivity index (χ2n) is 2.68. The monoisotopic (exact) mass is 214 g/mol. The van der Waals surface area contributed by atoms with Crippen LogP contribution in [-0.2, 0) is 16.0 Å². The van der Waals surface area contributed by atoms with Gasteiger partial charge in [0.15, 0.2) is 0 Å². The van der Waals surface area contributed by atoms with Gasteiger partial charge in [0.2, 0.25) is 5.78 Å². The van der Waals surface area contributed by atoms with Crippen molar-refractivity contribution in [2.45, 2.75) is 6.42 Å². The molecule has 0 bridgehead atoms. The smallest absolute Gasteiger partial charge is 0.372 e. The molecule has 74 valence electrons. The first-order chi connectivity index (χ1) is 6.50. The Labute approximate surface area is 84.7 Å². The summed E-state index contributed by atoms with van der Waals surface area (Å²) in [4.78, 5) is 21.0. The lowest BCUT2D eigenvalue weighted by Crippen LogP contribution is -2.15. The third-order valence-corrected chi connectivity index (χ3v) is 1.87. The Balaban J connectivity index is 2.87. The Bertz CT molecular complexity index is 386. The lowest BCUT2D eigenvalue weighted by molar-refractivity contribution is -0.148. The van der Waals surface area contributed by atoms with E-state index in [1.54, 1.807) is 0 Å². The van der Waals surface area contributed by atoms with Gasteiger partial charge in [0.1, 0.15) is 5.75 Å². The first kappa shape index (κ1) is 10.5. The van der Waals surface area contributed by atoms with Crippen LogP contribution in [0.3, 0.4) is 0 Å². The minimum Gasteiger partial charge on any atom is -0.508 e. The third kappa shape index (κ3) is 2.47. The van der Waals surface area contributed by atoms with Crippen LogP contribution in [0.1, 0.15) is 5.56 Å². The minimum atomic E-state index is -1.51. The van der Waals surface area contributed by atoms with E-state index in [0.29, 0.717) is 5.02 Å². The number of halogens is 1. The molecule has 0 aliphatic heterocycles. The van der Waals surface area contributed by atoms with Gasteiger partial charge in [0.25, 0.3) is 0 Å². The molecule has 0 amide bonds. The van der Waals surface area contributed by atoms with E-state index >= 15 is 0 Å². The third-order valence-electron chi connectivity index (χ3n) is 1.64. The van der Waals surface area contributed by atoms with Crippen molar-refractivity contribution in [3.8, 4) is 5.75 Å². The Kier molecular flexibility index (Phi) is 3.09. The lowest BCUT2D eigenvalue weighted by atomic mass is 10.1. The van der Waals surface area contributed by atoms with Crippen molar-refractivity contribution in [1.82, 2.24) is 0 Å². The summed E-state index contributed by atoms with van der Waals surface area (Å²) in [5.41, 5.74) is 0.252. The fourth-order valence-corrected chi connectivity index (χ4v) is 1.10. The molecule has 4 nitrogen and oxygen atoms in total. The molecule has 1 rings (SSSR count). The molecule has 0 unspecified atom stereocenters. The van der Waals surface area contributed by atoms with Crippen molar-refractivity contribution in [3.63, 3.8) is 0 Å². The van der Waals surface area contributed by atoms with E-state index in [2.05, 4.69) is 0 Å². The first-order valence-electron chi connectivity index (χ1n) is 3.74. The number of aliphatic carboxylic acids is 1. The van der Waals surface area contributed by atoms with E-state index in [4.69, 9.17) is 16.7 Å². The summed E-state index contributed by atoms with van der Waals surface area (Å²) >= 11 is 5.55. The molecule has 0 radical (unpaired) electrons. The number of carboxylic acid groups (broad SMARTS) is 1. The van der Waals surface area contributed by atoms with E-state index in [1.807, 2.05) is 0 Å². The zero-order valence-electron chi connectivity index (χ0n) is 7.03. The van der Waals surface area contributed by atoms with Gasteiger partial charge in [-0.05, 0) is 12.1 Å². The summed E-state index contributed by atoms with van der Waals surface area (Å²) in [6.45, 7) is 0. The molecule has 1 aromatic carbocycles. The number of phenols is 1. The molecular formula is C9H7ClO4. The average molecular weight is 215 g/mol. The molecule has 0 saturated heterocycles. The van der Waals surface area contributed by atoms with Crippen molar-refractivity contribution in [3.05, 3.63) is 28.8 Å². The molecule has 0 aliphatic rings. The normalized spacial score (nSPS) is 9.79. The van der Waals surface area contributed by atoms with Crippen LogP contribution in [0.15, 0.2) is 18.2 Å². The Morgan fingerprint density at radius 2 is 2.00 bits per heavy atom. The number of aromatic hydroxyl groups is 1. The van der Waals surface area contributed by atoms with Crippen LogP contribution < -0.4 is 0 Å². The van der Waals surface area contributed by atoms with E-state index in [-0.39, 0.29) is 17.7 Å². The van der Waals surface area contributed by atoms with Crippen molar-refractivity contribution < 1.29 is 19.8 Å². The SMILES string of the molecule is O=C(O)C(=O)Cc1ccc(Cl)cc1O. The number of rotatable bonds is 3. The van der Waals surface area contributed by atoms with Gasteiger partial charge in [-0.1, -0.05) is 17.7 Å². The maximum Gasteiger partial charge on any atom is 0.372 e. The maximum absolute atomic E-state index is 10.8. The first-order valence-corrected chi connectivity index (χ1v) is 4.12. The molecule has 0 saturated carbocycles. The summed E-state index contributed by atoms with van der Waals surface area (Å²) in [5.74, 6) is -2.66. The summed E-state index contributed by atoms with van der Waals surface area (Å²) in [6, 6.07) is 4.15. The number of hydrogen-bond acceptors (Lipinski definition) is 3. The highest BCUT2D eigenvalue weighted by Gasteiger charge is 2.14. The van der Waals surface area contributed by atoms with Gasteiger partial charge in [-0.2, -0.15) is 0 Å². The zero-order chi connectivity index (χ0) is 10.7. The molecule has 14 heavy (non-hydrogen) atoms. The molecular weight excluding hydrogens is 208 g/mol. The highest BCUT2D eigenvalue weighted by atomic mass is 35.5. The van der Waals surface area contributed by atoms with E-state index < -0.39 is 11.8 Å². The number of Topliss-reactive ketones (excluding diaryl/α,β-unsaturated/α-hetero) is 1. The van der Waals surface area contributed by atoms with Crippen LogP contribution in [0.4, 0.5) is 0 Å². The lowest BCUT2D eigenvalue weighted by Gasteiger charge is -2.01.